The van der Waals surface area contributed by atoms with E-state index in [1.807, 2.05) is 46.0 Å². The van der Waals surface area contributed by atoms with Crippen LogP contribution in [0.25, 0.3) is 0 Å². The van der Waals surface area contributed by atoms with Crippen molar-refractivity contribution in [3.05, 3.63) is 34.9 Å². The molecule has 2 rings (SSSR count). The van der Waals surface area contributed by atoms with Crippen molar-refractivity contribution in [3.8, 4) is 0 Å². The molecular weight excluding hydrogens is 426 g/mol. The van der Waals surface area contributed by atoms with Gasteiger partial charge in [-0.15, -0.1) is 0 Å². The summed E-state index contributed by atoms with van der Waals surface area (Å²) in [5.74, 6) is 0.252. The molecule has 1 aromatic rings. The highest BCUT2D eigenvalue weighted by atomic mass is 16.1. The van der Waals surface area contributed by atoms with Gasteiger partial charge in [-0.1, -0.05) is 59.7 Å². The Morgan fingerprint density at radius 2 is 1.79 bits per heavy atom. The molecule has 1 aromatic carbocycles. The molecule has 196 valence electrons. The highest BCUT2D eigenvalue weighted by Gasteiger charge is 2.11. The lowest BCUT2D eigenvalue weighted by atomic mass is 9.95. The molecule has 1 aliphatic heterocycles. The molecule has 1 heterocycles. The summed E-state index contributed by atoms with van der Waals surface area (Å²) in [6, 6.07) is 6.16. The van der Waals surface area contributed by atoms with Crippen LogP contribution in [-0.2, 0) is 28.9 Å². The number of primary amides is 1. The molecular formula is C27H51N5O2. The summed E-state index contributed by atoms with van der Waals surface area (Å²) in [4.78, 5) is 23.5. The van der Waals surface area contributed by atoms with Gasteiger partial charge in [0.15, 0.2) is 0 Å². The summed E-state index contributed by atoms with van der Waals surface area (Å²) < 4.78 is 0. The van der Waals surface area contributed by atoms with Crippen molar-refractivity contribution < 1.29 is 9.59 Å². The van der Waals surface area contributed by atoms with Crippen molar-refractivity contribution in [1.29, 1.82) is 0 Å². The highest BCUT2D eigenvalue weighted by Crippen LogP contribution is 2.17. The zero-order valence-electron chi connectivity index (χ0n) is 21.3. The minimum absolute atomic E-state index is 0. The number of aryl methyl sites for hydroxylation is 2. The predicted octanol–water partition coefficient (Wildman–Crippen LogP) is 4.11. The molecule has 0 bridgehead atoms. The minimum atomic E-state index is -0.309. The number of amides is 2. The van der Waals surface area contributed by atoms with Gasteiger partial charge in [0.25, 0.3) is 0 Å². The Morgan fingerprint density at radius 1 is 1.06 bits per heavy atom. The average molecular weight is 478 g/mol. The molecule has 7 nitrogen and oxygen atoms in total. The van der Waals surface area contributed by atoms with E-state index in [2.05, 4.69) is 21.9 Å². The lowest BCUT2D eigenvalue weighted by molar-refractivity contribution is -0.120. The van der Waals surface area contributed by atoms with Gasteiger partial charge in [-0.3, -0.25) is 9.59 Å². The summed E-state index contributed by atoms with van der Waals surface area (Å²) in [7, 11) is 0. The Labute approximate surface area is 208 Å². The molecule has 0 aromatic heterocycles. The Bertz CT molecular complexity index is 692. The van der Waals surface area contributed by atoms with Gasteiger partial charge >= 0.3 is 0 Å². The van der Waals surface area contributed by atoms with Crippen molar-refractivity contribution in [2.24, 2.45) is 22.5 Å². The van der Waals surface area contributed by atoms with Gasteiger partial charge in [0, 0.05) is 31.6 Å². The maximum atomic E-state index is 12.5. The van der Waals surface area contributed by atoms with E-state index in [0.29, 0.717) is 38.3 Å². The Balaban J connectivity index is 0. The minimum Gasteiger partial charge on any atom is -0.370 e. The summed E-state index contributed by atoms with van der Waals surface area (Å²) in [5, 5.41) is 7.06. The summed E-state index contributed by atoms with van der Waals surface area (Å²) in [5.41, 5.74) is 17.1. The maximum absolute atomic E-state index is 12.5. The van der Waals surface area contributed by atoms with Gasteiger partial charge < -0.3 is 22.2 Å². The summed E-state index contributed by atoms with van der Waals surface area (Å²) >= 11 is 0. The fourth-order valence-corrected chi connectivity index (χ4v) is 3.52. The van der Waals surface area contributed by atoms with E-state index in [0.717, 1.165) is 56.2 Å². The Hall–Kier alpha value is -2.41. The van der Waals surface area contributed by atoms with Gasteiger partial charge in [-0.05, 0) is 61.8 Å². The van der Waals surface area contributed by atoms with Crippen LogP contribution in [-0.4, -0.2) is 37.7 Å². The lowest BCUT2D eigenvalue weighted by Crippen LogP contribution is -2.26. The Kier molecular flexibility index (Phi) is 22.2. The highest BCUT2D eigenvalue weighted by molar-refractivity contribution is 5.79. The summed E-state index contributed by atoms with van der Waals surface area (Å²) in [6.45, 7) is 10.3. The van der Waals surface area contributed by atoms with Crippen molar-refractivity contribution in [3.63, 3.8) is 0 Å². The largest absolute Gasteiger partial charge is 0.370 e. The molecule has 34 heavy (non-hydrogen) atoms. The number of hydrogen-bond acceptors (Lipinski definition) is 5. The van der Waals surface area contributed by atoms with Crippen LogP contribution in [0.1, 0.15) is 90.3 Å². The van der Waals surface area contributed by atoms with E-state index in [-0.39, 0.29) is 19.2 Å². The Morgan fingerprint density at radius 3 is 2.41 bits per heavy atom. The number of unbranched alkanes of at least 4 members (excludes halogenated alkanes) is 2. The second kappa shape index (κ2) is 22.4. The van der Waals surface area contributed by atoms with Gasteiger partial charge in [-0.25, -0.2) is 0 Å². The van der Waals surface area contributed by atoms with Crippen LogP contribution < -0.4 is 22.2 Å². The average Bonchev–Trinajstić information content (AvgIpc) is 3.35. The molecule has 0 spiro atoms. The first kappa shape index (κ1) is 33.8. The maximum Gasteiger partial charge on any atom is 0.224 e. The molecule has 1 aliphatic rings. The quantitative estimate of drug-likeness (QED) is 0.301. The second-order valence-electron chi connectivity index (χ2n) is 7.74. The van der Waals surface area contributed by atoms with E-state index in [9.17, 15) is 9.59 Å². The number of hydrazone groups is 1. The fraction of sp³-hybridized carbons (Fsp3) is 0.667. The zero-order valence-corrected chi connectivity index (χ0v) is 21.3. The van der Waals surface area contributed by atoms with Crippen molar-refractivity contribution in [1.82, 2.24) is 10.7 Å². The van der Waals surface area contributed by atoms with E-state index < -0.39 is 0 Å². The number of carbonyl (C=O) groups excluding carboxylic acids is 2. The number of benzene rings is 1. The van der Waals surface area contributed by atoms with Crippen LogP contribution in [0, 0.1) is 5.92 Å². The van der Waals surface area contributed by atoms with E-state index in [1.165, 1.54) is 5.56 Å². The number of rotatable bonds is 14. The predicted molar refractivity (Wildman–Crippen MR) is 146 cm³/mol. The SMILES string of the molecule is C.CC.CC.NCCCCc1ccc(CCC(N)=O)cc1CC(=O)NCCCCC1C=NNC1. The number of hydrogen-bond donors (Lipinski definition) is 4. The molecule has 1 unspecified atom stereocenters. The molecule has 7 heteroatoms. The van der Waals surface area contributed by atoms with Crippen molar-refractivity contribution in [2.45, 2.75) is 92.9 Å². The molecule has 1 atom stereocenters. The molecule has 2 amide bonds. The first-order chi connectivity index (χ1) is 16.1. The third-order valence-electron chi connectivity index (χ3n) is 5.24. The molecule has 0 saturated carbocycles. The van der Waals surface area contributed by atoms with Crippen LogP contribution in [0.4, 0.5) is 0 Å². The molecule has 6 N–H and O–H groups in total. The number of carbonyl (C=O) groups is 2. The van der Waals surface area contributed by atoms with Crippen LogP contribution in [0.15, 0.2) is 23.3 Å². The zero-order chi connectivity index (χ0) is 24.9. The fourth-order valence-electron chi connectivity index (χ4n) is 3.52. The third kappa shape index (κ3) is 15.4. The molecule has 0 radical (unpaired) electrons. The van der Waals surface area contributed by atoms with E-state index >= 15 is 0 Å². The smallest absolute Gasteiger partial charge is 0.224 e. The second-order valence-corrected chi connectivity index (χ2v) is 7.74. The number of nitrogens with two attached hydrogens (primary N) is 2. The van der Waals surface area contributed by atoms with Crippen LogP contribution in [0.2, 0.25) is 0 Å². The number of nitrogens with zero attached hydrogens (tertiary/aromatic N) is 1. The van der Waals surface area contributed by atoms with Gasteiger partial charge in [0.1, 0.15) is 0 Å². The molecule has 0 aliphatic carbocycles. The first-order valence-electron chi connectivity index (χ1n) is 12.7. The van der Waals surface area contributed by atoms with Crippen molar-refractivity contribution >= 4 is 18.0 Å². The lowest BCUT2D eigenvalue weighted by Gasteiger charge is -2.13. The van der Waals surface area contributed by atoms with Crippen LogP contribution >= 0.6 is 0 Å². The standard InChI is InChI=1S/C22H35N5O2.2C2H6.CH4/c23-11-3-1-6-19-9-7-17(8-10-21(24)28)13-20(19)14-22(29)25-12-4-2-5-18-15-26-27-16-18;2*1-2;/h7,9,13,15,18,27H,1-6,8,10-12,14,16,23H2,(H2,24,28)(H,25,29);2*1-2H3;1H4. The van der Waals surface area contributed by atoms with Crippen molar-refractivity contribution in [2.75, 3.05) is 19.6 Å². The van der Waals surface area contributed by atoms with Crippen LogP contribution in [0.3, 0.4) is 0 Å². The third-order valence-corrected chi connectivity index (χ3v) is 5.24. The summed E-state index contributed by atoms with van der Waals surface area (Å²) in [6.07, 6.45) is 9.28. The van der Waals surface area contributed by atoms with Gasteiger partial charge in [0.05, 0.1) is 6.42 Å². The van der Waals surface area contributed by atoms with Gasteiger partial charge in [0.2, 0.25) is 11.8 Å². The topological polar surface area (TPSA) is 123 Å². The van der Waals surface area contributed by atoms with Crippen LogP contribution in [0.5, 0.6) is 0 Å². The normalized spacial score (nSPS) is 13.4. The van der Waals surface area contributed by atoms with Gasteiger partial charge in [-0.2, -0.15) is 5.10 Å². The number of nitrogens with one attached hydrogen (secondary N) is 2. The molecule has 0 fully saturated rings. The molecule has 0 saturated heterocycles. The van der Waals surface area contributed by atoms with E-state index in [4.69, 9.17) is 11.5 Å². The monoisotopic (exact) mass is 477 g/mol. The van der Waals surface area contributed by atoms with E-state index in [1.54, 1.807) is 0 Å². The first-order valence-corrected chi connectivity index (χ1v) is 12.7.